The number of carbonyl (C=O) groups excluding carboxylic acids is 2. The Bertz CT molecular complexity index is 343. The van der Waals surface area contributed by atoms with Crippen LogP contribution >= 0.6 is 0 Å². The third kappa shape index (κ3) is 3.72. The van der Waals surface area contributed by atoms with E-state index in [4.69, 9.17) is 9.84 Å². The first-order valence-corrected chi connectivity index (χ1v) is 4.79. The summed E-state index contributed by atoms with van der Waals surface area (Å²) < 4.78 is 9.46. The number of cyclic esters (lactones) is 1. The fourth-order valence-corrected chi connectivity index (χ4v) is 1.14. The van der Waals surface area contributed by atoms with E-state index < -0.39 is 24.2 Å². The van der Waals surface area contributed by atoms with Crippen LogP contribution in [0.5, 0.6) is 0 Å². The lowest BCUT2D eigenvalue weighted by molar-refractivity contribution is -0.173. The number of esters is 2. The SMILES string of the molecule is CC1=CC(OC(=O)CCCC(=O)O)OC1=O. The van der Waals surface area contributed by atoms with Gasteiger partial charge in [-0.15, -0.1) is 0 Å². The highest BCUT2D eigenvalue weighted by Crippen LogP contribution is 2.14. The topological polar surface area (TPSA) is 89.9 Å². The van der Waals surface area contributed by atoms with Crippen LogP contribution in [0.3, 0.4) is 0 Å². The van der Waals surface area contributed by atoms with Crippen molar-refractivity contribution < 1.29 is 29.0 Å². The molecule has 0 fully saturated rings. The van der Waals surface area contributed by atoms with E-state index in [1.807, 2.05) is 0 Å². The smallest absolute Gasteiger partial charge is 0.337 e. The van der Waals surface area contributed by atoms with Gasteiger partial charge < -0.3 is 14.6 Å². The minimum absolute atomic E-state index is 0.00671. The Hall–Kier alpha value is -1.85. The van der Waals surface area contributed by atoms with Crippen molar-refractivity contribution >= 4 is 17.9 Å². The Morgan fingerprint density at radius 3 is 2.69 bits per heavy atom. The second-order valence-corrected chi connectivity index (χ2v) is 3.36. The lowest BCUT2D eigenvalue weighted by Gasteiger charge is -2.09. The van der Waals surface area contributed by atoms with E-state index in [0.717, 1.165) is 0 Å². The number of carbonyl (C=O) groups is 3. The number of rotatable bonds is 5. The van der Waals surface area contributed by atoms with Gasteiger partial charge in [-0.05, 0) is 13.3 Å². The normalized spacial score (nSPS) is 18.9. The molecule has 88 valence electrons. The molecule has 1 aliphatic rings. The molecule has 16 heavy (non-hydrogen) atoms. The second-order valence-electron chi connectivity index (χ2n) is 3.36. The number of carboxylic acid groups (broad SMARTS) is 1. The fourth-order valence-electron chi connectivity index (χ4n) is 1.14. The zero-order valence-electron chi connectivity index (χ0n) is 8.76. The number of hydrogen-bond acceptors (Lipinski definition) is 5. The summed E-state index contributed by atoms with van der Waals surface area (Å²) >= 11 is 0. The van der Waals surface area contributed by atoms with Crippen molar-refractivity contribution in [1.29, 1.82) is 0 Å². The molecule has 0 saturated heterocycles. The molecule has 0 amide bonds. The summed E-state index contributed by atoms with van der Waals surface area (Å²) in [4.78, 5) is 32.2. The van der Waals surface area contributed by atoms with Gasteiger partial charge in [0.05, 0.1) is 0 Å². The molecule has 0 radical (unpaired) electrons. The van der Waals surface area contributed by atoms with Crippen molar-refractivity contribution in [2.75, 3.05) is 0 Å². The molecule has 1 unspecified atom stereocenters. The van der Waals surface area contributed by atoms with Crippen molar-refractivity contribution in [3.8, 4) is 0 Å². The second kappa shape index (κ2) is 5.29. The van der Waals surface area contributed by atoms with Crippen LogP contribution < -0.4 is 0 Å². The summed E-state index contributed by atoms with van der Waals surface area (Å²) in [7, 11) is 0. The number of carboxylic acids is 1. The first-order valence-electron chi connectivity index (χ1n) is 4.79. The van der Waals surface area contributed by atoms with E-state index in [0.29, 0.717) is 5.57 Å². The Labute approximate surface area is 91.8 Å². The van der Waals surface area contributed by atoms with Crippen LogP contribution in [-0.2, 0) is 23.9 Å². The molecular formula is C10H12O6. The summed E-state index contributed by atoms with van der Waals surface area (Å²) in [6.07, 6.45) is 0.543. The van der Waals surface area contributed by atoms with Crippen molar-refractivity contribution in [1.82, 2.24) is 0 Å². The molecule has 0 aliphatic carbocycles. The Morgan fingerprint density at radius 1 is 1.50 bits per heavy atom. The maximum atomic E-state index is 11.2. The monoisotopic (exact) mass is 228 g/mol. The molecule has 1 N–H and O–H groups in total. The van der Waals surface area contributed by atoms with Crippen LogP contribution in [0, 0.1) is 0 Å². The quantitative estimate of drug-likeness (QED) is 0.693. The van der Waals surface area contributed by atoms with Crippen LogP contribution in [0.2, 0.25) is 0 Å². The van der Waals surface area contributed by atoms with Crippen molar-refractivity contribution in [2.24, 2.45) is 0 Å². The largest absolute Gasteiger partial charge is 0.481 e. The molecule has 1 heterocycles. The summed E-state index contributed by atoms with van der Waals surface area (Å²) in [6, 6.07) is 0. The van der Waals surface area contributed by atoms with Gasteiger partial charge in [0.15, 0.2) is 0 Å². The maximum absolute atomic E-state index is 11.2. The number of aliphatic carboxylic acids is 1. The van der Waals surface area contributed by atoms with Gasteiger partial charge in [0.2, 0.25) is 0 Å². The average Bonchev–Trinajstić information content (AvgIpc) is 2.44. The Morgan fingerprint density at radius 2 is 2.19 bits per heavy atom. The van der Waals surface area contributed by atoms with Gasteiger partial charge in [-0.1, -0.05) is 0 Å². The van der Waals surface area contributed by atoms with Gasteiger partial charge in [0.25, 0.3) is 6.29 Å². The molecule has 0 aromatic carbocycles. The summed E-state index contributed by atoms with van der Waals surface area (Å²) in [6.45, 7) is 1.56. The molecule has 1 aliphatic heterocycles. The van der Waals surface area contributed by atoms with Gasteiger partial charge in [0.1, 0.15) is 0 Å². The van der Waals surface area contributed by atoms with E-state index in [9.17, 15) is 14.4 Å². The third-order valence-electron chi connectivity index (χ3n) is 1.95. The molecule has 0 aromatic rings. The third-order valence-corrected chi connectivity index (χ3v) is 1.95. The van der Waals surface area contributed by atoms with Crippen molar-refractivity contribution in [3.63, 3.8) is 0 Å². The van der Waals surface area contributed by atoms with Gasteiger partial charge in [-0.3, -0.25) is 9.59 Å². The van der Waals surface area contributed by atoms with Crippen LogP contribution in [0.4, 0.5) is 0 Å². The van der Waals surface area contributed by atoms with E-state index in [2.05, 4.69) is 4.74 Å². The highest BCUT2D eigenvalue weighted by Gasteiger charge is 2.25. The van der Waals surface area contributed by atoms with E-state index >= 15 is 0 Å². The van der Waals surface area contributed by atoms with Gasteiger partial charge in [0, 0.05) is 24.5 Å². The minimum atomic E-state index is -0.968. The van der Waals surface area contributed by atoms with Gasteiger partial charge >= 0.3 is 17.9 Å². The van der Waals surface area contributed by atoms with Crippen LogP contribution in [0.25, 0.3) is 0 Å². The first-order chi connectivity index (χ1) is 7.49. The fraction of sp³-hybridized carbons (Fsp3) is 0.500. The van der Waals surface area contributed by atoms with E-state index in [-0.39, 0.29) is 19.3 Å². The molecule has 1 atom stereocenters. The van der Waals surface area contributed by atoms with E-state index in [1.165, 1.54) is 6.08 Å². The number of ether oxygens (including phenoxy) is 2. The summed E-state index contributed by atoms with van der Waals surface area (Å²) in [5.41, 5.74) is 0.392. The Balaban J connectivity index is 2.25. The standard InChI is InChI=1S/C10H12O6/c1-6-5-9(16-10(6)14)15-8(13)4-2-3-7(11)12/h5,9H,2-4H2,1H3,(H,11,12). The molecule has 0 aromatic heterocycles. The zero-order chi connectivity index (χ0) is 12.1. The molecule has 0 bridgehead atoms. The molecule has 6 nitrogen and oxygen atoms in total. The molecule has 1 rings (SSSR count). The summed E-state index contributed by atoms with van der Waals surface area (Å²) in [5, 5.41) is 8.35. The molecule has 0 saturated carbocycles. The van der Waals surface area contributed by atoms with Gasteiger partial charge in [-0.25, -0.2) is 4.79 Å². The number of hydrogen-bond donors (Lipinski definition) is 1. The first kappa shape index (κ1) is 12.2. The molecular weight excluding hydrogens is 216 g/mol. The van der Waals surface area contributed by atoms with Crippen molar-refractivity contribution in [2.45, 2.75) is 32.5 Å². The van der Waals surface area contributed by atoms with E-state index in [1.54, 1.807) is 6.92 Å². The molecule has 6 heteroatoms. The Kier molecular flexibility index (Phi) is 4.04. The van der Waals surface area contributed by atoms with Crippen LogP contribution in [-0.4, -0.2) is 29.3 Å². The maximum Gasteiger partial charge on any atom is 0.337 e. The van der Waals surface area contributed by atoms with Gasteiger partial charge in [-0.2, -0.15) is 0 Å². The highest BCUT2D eigenvalue weighted by atomic mass is 16.7. The highest BCUT2D eigenvalue weighted by molar-refractivity contribution is 5.90. The lowest BCUT2D eigenvalue weighted by atomic mass is 10.2. The summed E-state index contributed by atoms with van der Waals surface area (Å²) in [5.74, 6) is -2.05. The lowest BCUT2D eigenvalue weighted by Crippen LogP contribution is -2.17. The van der Waals surface area contributed by atoms with Crippen LogP contribution in [0.1, 0.15) is 26.2 Å². The zero-order valence-corrected chi connectivity index (χ0v) is 8.76. The minimum Gasteiger partial charge on any atom is -0.481 e. The predicted octanol–water partition coefficient (Wildman–Crippen LogP) is 0.614. The average molecular weight is 228 g/mol. The predicted molar refractivity (Wildman–Crippen MR) is 51.2 cm³/mol. The van der Waals surface area contributed by atoms with Crippen molar-refractivity contribution in [3.05, 3.63) is 11.6 Å². The van der Waals surface area contributed by atoms with Crippen LogP contribution in [0.15, 0.2) is 11.6 Å². The molecule has 0 spiro atoms.